The Bertz CT molecular complexity index is 696. The minimum atomic E-state index is 0.550. The third-order valence-electron chi connectivity index (χ3n) is 5.27. The lowest BCUT2D eigenvalue weighted by Gasteiger charge is -2.24. The molecule has 0 aromatic carbocycles. The average Bonchev–Trinajstić information content (AvgIpc) is 3.04. The molecule has 1 atom stereocenters. The molecule has 0 unspecified atom stereocenters. The largest absolute Gasteiger partial charge is 0.317 e. The summed E-state index contributed by atoms with van der Waals surface area (Å²) in [5, 5.41) is 13.5. The Morgan fingerprint density at radius 1 is 1.17 bits per heavy atom. The molecule has 2 aromatic heterocycles. The van der Waals surface area contributed by atoms with Crippen molar-refractivity contribution in [2.75, 3.05) is 6.54 Å². The van der Waals surface area contributed by atoms with Crippen LogP contribution in [0.3, 0.4) is 0 Å². The molecule has 1 aliphatic carbocycles. The van der Waals surface area contributed by atoms with Crippen LogP contribution < -0.4 is 0 Å². The van der Waals surface area contributed by atoms with Crippen LogP contribution in [-0.2, 0) is 20.1 Å². The highest BCUT2D eigenvalue weighted by Gasteiger charge is 2.31. The average molecular weight is 314 g/mol. The van der Waals surface area contributed by atoms with Gasteiger partial charge in [-0.05, 0) is 52.1 Å². The topological polar surface area (TPSA) is 51.8 Å². The fraction of sp³-hybridized carbons (Fsp3) is 0.706. The highest BCUT2D eigenvalue weighted by Crippen LogP contribution is 2.38. The highest BCUT2D eigenvalue weighted by atomic mass is 15.3. The van der Waals surface area contributed by atoms with Gasteiger partial charge in [-0.2, -0.15) is 5.10 Å². The Morgan fingerprint density at radius 2 is 2.00 bits per heavy atom. The first-order valence-electron chi connectivity index (χ1n) is 8.75. The van der Waals surface area contributed by atoms with Crippen molar-refractivity contribution in [3.05, 3.63) is 29.1 Å². The van der Waals surface area contributed by atoms with Crippen LogP contribution in [0.25, 0.3) is 0 Å². The molecule has 6 nitrogen and oxygen atoms in total. The zero-order valence-corrected chi connectivity index (χ0v) is 14.4. The maximum absolute atomic E-state index is 4.63. The van der Waals surface area contributed by atoms with Crippen LogP contribution in [0.4, 0.5) is 0 Å². The summed E-state index contributed by atoms with van der Waals surface area (Å²) in [6.07, 6.45) is 5.05. The van der Waals surface area contributed by atoms with Crippen LogP contribution in [0, 0.1) is 13.8 Å². The SMILES string of the molecule is Cc1cc(C)n(C[C@@H]2CCCN2Cc2nnc(C3CC3)n2C)n1. The minimum Gasteiger partial charge on any atom is -0.317 e. The zero-order valence-electron chi connectivity index (χ0n) is 14.4. The van der Waals surface area contributed by atoms with E-state index in [0.29, 0.717) is 12.0 Å². The first-order chi connectivity index (χ1) is 11.1. The van der Waals surface area contributed by atoms with Gasteiger partial charge in [-0.1, -0.05) is 0 Å². The predicted molar refractivity (Wildman–Crippen MR) is 88.1 cm³/mol. The van der Waals surface area contributed by atoms with E-state index in [4.69, 9.17) is 0 Å². The van der Waals surface area contributed by atoms with Gasteiger partial charge in [-0.3, -0.25) is 9.58 Å². The van der Waals surface area contributed by atoms with E-state index in [1.165, 1.54) is 37.2 Å². The van der Waals surface area contributed by atoms with Gasteiger partial charge in [0.1, 0.15) is 11.6 Å². The molecule has 0 radical (unpaired) electrons. The molecule has 1 aliphatic heterocycles. The number of rotatable bonds is 5. The van der Waals surface area contributed by atoms with Crippen molar-refractivity contribution in [1.82, 2.24) is 29.4 Å². The maximum Gasteiger partial charge on any atom is 0.146 e. The molecule has 0 spiro atoms. The minimum absolute atomic E-state index is 0.550. The molecule has 2 aromatic rings. The Labute approximate surface area is 137 Å². The molecule has 23 heavy (non-hydrogen) atoms. The summed E-state index contributed by atoms with van der Waals surface area (Å²) >= 11 is 0. The van der Waals surface area contributed by atoms with Gasteiger partial charge in [0.15, 0.2) is 0 Å². The molecule has 1 saturated heterocycles. The molecular weight excluding hydrogens is 288 g/mol. The number of hydrogen-bond donors (Lipinski definition) is 0. The Balaban J connectivity index is 1.46. The normalized spacial score (nSPS) is 22.1. The smallest absolute Gasteiger partial charge is 0.146 e. The first kappa shape index (κ1) is 14.9. The van der Waals surface area contributed by atoms with Crippen molar-refractivity contribution in [3.63, 3.8) is 0 Å². The van der Waals surface area contributed by atoms with E-state index in [1.54, 1.807) is 0 Å². The number of likely N-dealkylation sites (tertiary alicyclic amines) is 1. The van der Waals surface area contributed by atoms with Crippen molar-refractivity contribution in [1.29, 1.82) is 0 Å². The van der Waals surface area contributed by atoms with Gasteiger partial charge in [0.05, 0.1) is 18.8 Å². The summed E-state index contributed by atoms with van der Waals surface area (Å²) in [7, 11) is 2.12. The summed E-state index contributed by atoms with van der Waals surface area (Å²) < 4.78 is 4.38. The van der Waals surface area contributed by atoms with Crippen molar-refractivity contribution in [2.24, 2.45) is 7.05 Å². The van der Waals surface area contributed by atoms with Crippen LogP contribution in [0.15, 0.2) is 6.07 Å². The summed E-state index contributed by atoms with van der Waals surface area (Å²) in [5.74, 6) is 2.94. The summed E-state index contributed by atoms with van der Waals surface area (Å²) in [6, 6.07) is 2.71. The molecule has 1 saturated carbocycles. The predicted octanol–water partition coefficient (Wildman–Crippen LogP) is 2.17. The van der Waals surface area contributed by atoms with Gasteiger partial charge in [0, 0.05) is 24.7 Å². The quantitative estimate of drug-likeness (QED) is 0.849. The van der Waals surface area contributed by atoms with Crippen molar-refractivity contribution in [3.8, 4) is 0 Å². The number of nitrogens with zero attached hydrogens (tertiary/aromatic N) is 6. The Hall–Kier alpha value is -1.69. The second-order valence-corrected chi connectivity index (χ2v) is 7.18. The van der Waals surface area contributed by atoms with E-state index in [-0.39, 0.29) is 0 Å². The van der Waals surface area contributed by atoms with E-state index < -0.39 is 0 Å². The highest BCUT2D eigenvalue weighted by molar-refractivity contribution is 5.09. The molecular formula is C17H26N6. The van der Waals surface area contributed by atoms with Gasteiger partial charge < -0.3 is 4.57 Å². The Kier molecular flexibility index (Phi) is 3.71. The molecule has 2 fully saturated rings. The third-order valence-corrected chi connectivity index (χ3v) is 5.27. The van der Waals surface area contributed by atoms with Crippen LogP contribution in [-0.4, -0.2) is 42.0 Å². The molecule has 6 heteroatoms. The monoisotopic (exact) mass is 314 g/mol. The van der Waals surface area contributed by atoms with Crippen LogP contribution in [0.1, 0.15) is 54.6 Å². The summed E-state index contributed by atoms with van der Waals surface area (Å²) in [4.78, 5) is 2.55. The van der Waals surface area contributed by atoms with E-state index >= 15 is 0 Å². The lowest BCUT2D eigenvalue weighted by Crippen LogP contribution is -2.34. The summed E-state index contributed by atoms with van der Waals surface area (Å²) in [5.41, 5.74) is 2.36. The molecule has 0 amide bonds. The molecule has 3 heterocycles. The van der Waals surface area contributed by atoms with Gasteiger partial charge in [-0.15, -0.1) is 10.2 Å². The first-order valence-corrected chi connectivity index (χ1v) is 8.75. The number of aromatic nitrogens is 5. The fourth-order valence-electron chi connectivity index (χ4n) is 3.76. The van der Waals surface area contributed by atoms with Crippen LogP contribution >= 0.6 is 0 Å². The molecule has 124 valence electrons. The van der Waals surface area contributed by atoms with Crippen LogP contribution in [0.5, 0.6) is 0 Å². The third kappa shape index (κ3) is 2.92. The van der Waals surface area contributed by atoms with E-state index in [2.05, 4.69) is 56.4 Å². The van der Waals surface area contributed by atoms with E-state index in [9.17, 15) is 0 Å². The summed E-state index contributed by atoms with van der Waals surface area (Å²) in [6.45, 7) is 7.24. The molecule has 0 N–H and O–H groups in total. The number of hydrogen-bond acceptors (Lipinski definition) is 4. The molecule has 0 bridgehead atoms. The van der Waals surface area contributed by atoms with Gasteiger partial charge >= 0.3 is 0 Å². The van der Waals surface area contributed by atoms with Gasteiger partial charge in [0.2, 0.25) is 0 Å². The van der Waals surface area contributed by atoms with E-state index in [1.807, 2.05) is 0 Å². The second kappa shape index (κ2) is 5.74. The van der Waals surface area contributed by atoms with Gasteiger partial charge in [-0.25, -0.2) is 0 Å². The molecule has 4 rings (SSSR count). The van der Waals surface area contributed by atoms with Crippen molar-refractivity contribution >= 4 is 0 Å². The van der Waals surface area contributed by atoms with Crippen molar-refractivity contribution < 1.29 is 0 Å². The lowest BCUT2D eigenvalue weighted by molar-refractivity contribution is 0.211. The number of aryl methyl sites for hydroxylation is 2. The van der Waals surface area contributed by atoms with E-state index in [0.717, 1.165) is 31.2 Å². The van der Waals surface area contributed by atoms with Crippen LogP contribution in [0.2, 0.25) is 0 Å². The van der Waals surface area contributed by atoms with Gasteiger partial charge in [0.25, 0.3) is 0 Å². The zero-order chi connectivity index (χ0) is 16.0. The lowest BCUT2D eigenvalue weighted by atomic mass is 10.2. The fourth-order valence-corrected chi connectivity index (χ4v) is 3.76. The standard InChI is InChI=1S/C17H26N6/c1-12-9-13(2)23(20-12)10-15-5-4-8-22(15)11-16-18-19-17(21(16)3)14-6-7-14/h9,14-15H,4-8,10-11H2,1-3H3/t15-/m0/s1. The maximum atomic E-state index is 4.63. The second-order valence-electron chi connectivity index (χ2n) is 7.18. The Morgan fingerprint density at radius 3 is 2.70 bits per heavy atom. The molecule has 2 aliphatic rings. The van der Waals surface area contributed by atoms with Crippen molar-refractivity contribution in [2.45, 2.75) is 64.6 Å².